The number of aromatic nitrogens is 2. The summed E-state index contributed by atoms with van der Waals surface area (Å²) in [4.78, 5) is 0. The zero-order valence-corrected chi connectivity index (χ0v) is 10.4. The second kappa shape index (κ2) is 5.98. The summed E-state index contributed by atoms with van der Waals surface area (Å²) in [6, 6.07) is 0.355. The Morgan fingerprint density at radius 3 is 2.81 bits per heavy atom. The van der Waals surface area contributed by atoms with Crippen LogP contribution in [0.5, 0.6) is 0 Å². The molecule has 0 aliphatic rings. The van der Waals surface area contributed by atoms with Gasteiger partial charge in [0.1, 0.15) is 12.8 Å². The first-order valence-corrected chi connectivity index (χ1v) is 5.49. The molecule has 1 atom stereocenters. The Bertz CT molecular complexity index is 323. The minimum Gasteiger partial charge on any atom is -0.385 e. The van der Waals surface area contributed by atoms with Crippen molar-refractivity contribution >= 4 is 0 Å². The van der Waals surface area contributed by atoms with E-state index in [-0.39, 0.29) is 0 Å². The molecule has 0 saturated carbocycles. The third kappa shape index (κ3) is 3.30. The maximum Gasteiger partial charge on any atom is 0.139 e. The number of hydrogen-bond donors (Lipinski definition) is 2. The Morgan fingerprint density at radius 2 is 2.25 bits per heavy atom. The van der Waals surface area contributed by atoms with Crippen molar-refractivity contribution in [1.29, 1.82) is 0 Å². The van der Waals surface area contributed by atoms with Crippen molar-refractivity contribution in [3.8, 4) is 0 Å². The lowest BCUT2D eigenvalue weighted by Crippen LogP contribution is -2.29. The van der Waals surface area contributed by atoms with Gasteiger partial charge >= 0.3 is 0 Å². The third-order valence-electron chi connectivity index (χ3n) is 2.36. The highest BCUT2D eigenvalue weighted by atomic mass is 16.5. The van der Waals surface area contributed by atoms with E-state index in [1.165, 1.54) is 0 Å². The molecule has 0 saturated heterocycles. The van der Waals surface area contributed by atoms with Crippen LogP contribution in [0, 0.1) is 6.92 Å². The SMILES string of the molecule is COCn1ncc(C)c1C(O)CNC(C)C. The molecule has 16 heavy (non-hydrogen) atoms. The summed E-state index contributed by atoms with van der Waals surface area (Å²) in [5.74, 6) is 0. The van der Waals surface area contributed by atoms with E-state index >= 15 is 0 Å². The molecule has 1 aromatic rings. The van der Waals surface area contributed by atoms with Gasteiger partial charge in [-0.1, -0.05) is 13.8 Å². The topological polar surface area (TPSA) is 59.3 Å². The fourth-order valence-electron chi connectivity index (χ4n) is 1.59. The average molecular weight is 227 g/mol. The quantitative estimate of drug-likeness (QED) is 0.755. The zero-order chi connectivity index (χ0) is 12.1. The minimum absolute atomic E-state index is 0.355. The Morgan fingerprint density at radius 1 is 1.56 bits per heavy atom. The second-order valence-electron chi connectivity index (χ2n) is 4.21. The summed E-state index contributed by atoms with van der Waals surface area (Å²) in [6.07, 6.45) is 1.19. The summed E-state index contributed by atoms with van der Waals surface area (Å²) in [5, 5.41) is 17.4. The third-order valence-corrected chi connectivity index (χ3v) is 2.36. The van der Waals surface area contributed by atoms with Crippen LogP contribution in [-0.2, 0) is 11.5 Å². The summed E-state index contributed by atoms with van der Waals surface area (Å²) in [7, 11) is 1.61. The largest absolute Gasteiger partial charge is 0.385 e. The van der Waals surface area contributed by atoms with Gasteiger partial charge in [0.2, 0.25) is 0 Å². The first-order chi connectivity index (χ1) is 7.56. The Hall–Kier alpha value is -0.910. The Labute approximate surface area is 96.4 Å². The highest BCUT2D eigenvalue weighted by Crippen LogP contribution is 2.16. The van der Waals surface area contributed by atoms with Crippen molar-refractivity contribution in [1.82, 2.24) is 15.1 Å². The van der Waals surface area contributed by atoms with Crippen molar-refractivity contribution in [3.05, 3.63) is 17.5 Å². The number of ether oxygens (including phenoxy) is 1. The highest BCUT2D eigenvalue weighted by molar-refractivity contribution is 5.18. The second-order valence-corrected chi connectivity index (χ2v) is 4.21. The van der Waals surface area contributed by atoms with Gasteiger partial charge in [-0.15, -0.1) is 0 Å². The zero-order valence-electron chi connectivity index (χ0n) is 10.4. The number of methoxy groups -OCH3 is 1. The van der Waals surface area contributed by atoms with E-state index < -0.39 is 6.10 Å². The molecule has 1 heterocycles. The lowest BCUT2D eigenvalue weighted by Gasteiger charge is -2.16. The lowest BCUT2D eigenvalue weighted by molar-refractivity contribution is 0.0994. The molecule has 1 rings (SSSR count). The van der Waals surface area contributed by atoms with Crippen LogP contribution in [0.1, 0.15) is 31.2 Å². The van der Waals surface area contributed by atoms with E-state index in [1.807, 2.05) is 20.8 Å². The molecular weight excluding hydrogens is 206 g/mol. The standard InChI is InChI=1S/C11H21N3O2/c1-8(2)12-6-10(15)11-9(3)5-13-14(11)7-16-4/h5,8,10,12,15H,6-7H2,1-4H3. The van der Waals surface area contributed by atoms with Crippen LogP contribution < -0.4 is 5.32 Å². The molecule has 0 aromatic carbocycles. The van der Waals surface area contributed by atoms with E-state index in [0.717, 1.165) is 11.3 Å². The van der Waals surface area contributed by atoms with Gasteiger partial charge in [-0.25, -0.2) is 4.68 Å². The van der Waals surface area contributed by atoms with Gasteiger partial charge in [0.25, 0.3) is 0 Å². The Balaban J connectivity index is 2.72. The summed E-state index contributed by atoms with van der Waals surface area (Å²) in [6.45, 7) is 6.92. The molecule has 0 spiro atoms. The van der Waals surface area contributed by atoms with Crippen LogP contribution in [-0.4, -0.2) is 34.6 Å². The summed E-state index contributed by atoms with van der Waals surface area (Å²) in [5.41, 5.74) is 1.80. The number of aliphatic hydroxyl groups is 1. The molecule has 1 aromatic heterocycles. The summed E-state index contributed by atoms with van der Waals surface area (Å²) >= 11 is 0. The first kappa shape index (κ1) is 13.2. The van der Waals surface area contributed by atoms with Crippen molar-refractivity contribution < 1.29 is 9.84 Å². The average Bonchev–Trinajstić information content (AvgIpc) is 2.57. The molecule has 1 unspecified atom stereocenters. The summed E-state index contributed by atoms with van der Waals surface area (Å²) < 4.78 is 6.71. The van der Waals surface area contributed by atoms with Crippen LogP contribution >= 0.6 is 0 Å². The number of nitrogens with one attached hydrogen (secondary N) is 1. The van der Waals surface area contributed by atoms with E-state index in [0.29, 0.717) is 19.3 Å². The fraction of sp³-hybridized carbons (Fsp3) is 0.727. The minimum atomic E-state index is -0.556. The van der Waals surface area contributed by atoms with E-state index in [2.05, 4.69) is 10.4 Å². The molecule has 0 amide bonds. The van der Waals surface area contributed by atoms with Gasteiger partial charge in [-0.3, -0.25) is 0 Å². The van der Waals surface area contributed by atoms with Gasteiger partial charge in [0.15, 0.2) is 0 Å². The van der Waals surface area contributed by atoms with Crippen molar-refractivity contribution in [2.45, 2.75) is 39.6 Å². The Kier molecular flexibility index (Phi) is 4.92. The number of aryl methyl sites for hydroxylation is 1. The molecule has 5 heteroatoms. The van der Waals surface area contributed by atoms with Crippen LogP contribution in [0.3, 0.4) is 0 Å². The maximum absolute atomic E-state index is 10.1. The number of aliphatic hydroxyl groups excluding tert-OH is 1. The highest BCUT2D eigenvalue weighted by Gasteiger charge is 2.16. The number of nitrogens with zero attached hydrogens (tertiary/aromatic N) is 2. The van der Waals surface area contributed by atoms with Gasteiger partial charge < -0.3 is 15.2 Å². The molecular formula is C11H21N3O2. The van der Waals surface area contributed by atoms with E-state index in [1.54, 1.807) is 18.0 Å². The van der Waals surface area contributed by atoms with Crippen molar-refractivity contribution in [2.24, 2.45) is 0 Å². The van der Waals surface area contributed by atoms with Crippen LogP contribution in [0.4, 0.5) is 0 Å². The first-order valence-electron chi connectivity index (χ1n) is 5.49. The normalized spacial score (nSPS) is 13.4. The van der Waals surface area contributed by atoms with Crippen LogP contribution in [0.15, 0.2) is 6.20 Å². The van der Waals surface area contributed by atoms with Crippen molar-refractivity contribution in [2.75, 3.05) is 13.7 Å². The monoisotopic (exact) mass is 227 g/mol. The predicted molar refractivity (Wildman–Crippen MR) is 62.1 cm³/mol. The van der Waals surface area contributed by atoms with E-state index in [9.17, 15) is 5.11 Å². The molecule has 2 N–H and O–H groups in total. The molecule has 0 radical (unpaired) electrons. The smallest absolute Gasteiger partial charge is 0.139 e. The van der Waals surface area contributed by atoms with Crippen LogP contribution in [0.25, 0.3) is 0 Å². The maximum atomic E-state index is 10.1. The van der Waals surface area contributed by atoms with Crippen LogP contribution in [0.2, 0.25) is 0 Å². The van der Waals surface area contributed by atoms with Gasteiger partial charge in [0, 0.05) is 19.7 Å². The fourth-order valence-corrected chi connectivity index (χ4v) is 1.59. The number of hydrogen-bond acceptors (Lipinski definition) is 4. The van der Waals surface area contributed by atoms with Gasteiger partial charge in [-0.2, -0.15) is 5.10 Å². The van der Waals surface area contributed by atoms with E-state index in [4.69, 9.17) is 4.74 Å². The number of rotatable bonds is 6. The van der Waals surface area contributed by atoms with Crippen molar-refractivity contribution in [3.63, 3.8) is 0 Å². The molecule has 5 nitrogen and oxygen atoms in total. The molecule has 0 bridgehead atoms. The van der Waals surface area contributed by atoms with Gasteiger partial charge in [-0.05, 0) is 12.5 Å². The predicted octanol–water partition coefficient (Wildman–Crippen LogP) is 0.827. The molecule has 0 aliphatic carbocycles. The molecule has 92 valence electrons. The lowest BCUT2D eigenvalue weighted by atomic mass is 10.1. The van der Waals surface area contributed by atoms with Gasteiger partial charge in [0.05, 0.1) is 11.9 Å². The molecule has 0 fully saturated rings. The molecule has 0 aliphatic heterocycles.